The molecule has 0 radical (unpaired) electrons. The van der Waals surface area contributed by atoms with Gasteiger partial charge in [-0.25, -0.2) is 0 Å². The number of hydrogen-bond donors (Lipinski definition) is 0. The molecule has 0 amide bonds. The molecule has 3 aromatic rings. The van der Waals surface area contributed by atoms with Crippen molar-refractivity contribution in [1.82, 2.24) is 24.8 Å². The number of tetrazole rings is 1. The van der Waals surface area contributed by atoms with Gasteiger partial charge >= 0.3 is 0 Å². The molecule has 6 nitrogen and oxygen atoms in total. The molecular formula is C19H23N5O. The molecule has 0 spiro atoms. The summed E-state index contributed by atoms with van der Waals surface area (Å²) in [6, 6.07) is 10.0. The van der Waals surface area contributed by atoms with Crippen molar-refractivity contribution in [2.24, 2.45) is 7.05 Å². The minimum atomic E-state index is -0.0136. The Hall–Kier alpha value is -2.76. The van der Waals surface area contributed by atoms with Crippen molar-refractivity contribution in [3.8, 4) is 11.4 Å². The van der Waals surface area contributed by atoms with Crippen molar-refractivity contribution in [1.29, 1.82) is 0 Å². The van der Waals surface area contributed by atoms with Crippen LogP contribution in [0.2, 0.25) is 0 Å². The van der Waals surface area contributed by atoms with Crippen LogP contribution in [-0.4, -0.2) is 30.6 Å². The van der Waals surface area contributed by atoms with E-state index in [9.17, 15) is 4.79 Å². The Bertz CT molecular complexity index is 903. The smallest absolute Gasteiger partial charge is 0.204 e. The maximum Gasteiger partial charge on any atom is 0.204 e. The summed E-state index contributed by atoms with van der Waals surface area (Å²) < 4.78 is 2.00. The lowest BCUT2D eigenvalue weighted by atomic mass is 10.0. The second-order valence-corrected chi connectivity index (χ2v) is 6.69. The van der Waals surface area contributed by atoms with E-state index in [-0.39, 0.29) is 12.3 Å². The third-order valence-electron chi connectivity index (χ3n) is 4.65. The van der Waals surface area contributed by atoms with Crippen LogP contribution in [0.3, 0.4) is 0 Å². The summed E-state index contributed by atoms with van der Waals surface area (Å²) in [5.74, 6) is 0.997. The fraction of sp³-hybridized carbons (Fsp3) is 0.368. The normalized spacial score (nSPS) is 11.3. The highest BCUT2D eigenvalue weighted by molar-refractivity contribution is 5.97. The molecule has 0 N–H and O–H groups in total. The second kappa shape index (κ2) is 6.63. The summed E-state index contributed by atoms with van der Waals surface area (Å²) in [7, 11) is 1.95. The van der Waals surface area contributed by atoms with Gasteiger partial charge in [-0.3, -0.25) is 4.79 Å². The average Bonchev–Trinajstić information content (AvgIpc) is 3.15. The van der Waals surface area contributed by atoms with Gasteiger partial charge in [0.05, 0.1) is 0 Å². The van der Waals surface area contributed by atoms with Crippen molar-refractivity contribution in [3.63, 3.8) is 0 Å². The van der Waals surface area contributed by atoms with E-state index < -0.39 is 0 Å². The molecule has 6 heteroatoms. The maximum absolute atomic E-state index is 12.5. The van der Waals surface area contributed by atoms with E-state index in [4.69, 9.17) is 0 Å². The van der Waals surface area contributed by atoms with Gasteiger partial charge < -0.3 is 4.57 Å². The summed E-state index contributed by atoms with van der Waals surface area (Å²) in [4.78, 5) is 13.9. The maximum atomic E-state index is 12.5. The first-order valence-electron chi connectivity index (χ1n) is 8.41. The highest BCUT2D eigenvalue weighted by Crippen LogP contribution is 2.19. The minimum absolute atomic E-state index is 0.0136. The number of aryl methyl sites for hydroxylation is 1. The van der Waals surface area contributed by atoms with Crippen molar-refractivity contribution in [3.05, 3.63) is 52.8 Å². The summed E-state index contributed by atoms with van der Waals surface area (Å²) in [6.07, 6.45) is 0. The lowest BCUT2D eigenvalue weighted by Crippen LogP contribution is -2.14. The van der Waals surface area contributed by atoms with Gasteiger partial charge in [-0.2, -0.15) is 4.80 Å². The molecule has 0 atom stereocenters. The average molecular weight is 337 g/mol. The van der Waals surface area contributed by atoms with E-state index in [0.29, 0.717) is 17.3 Å². The van der Waals surface area contributed by atoms with Gasteiger partial charge in [0.2, 0.25) is 5.82 Å². The van der Waals surface area contributed by atoms with Gasteiger partial charge in [0, 0.05) is 29.6 Å². The number of carbonyl (C=O) groups excluding carboxylic acids is 1. The molecule has 0 fully saturated rings. The van der Waals surface area contributed by atoms with Crippen LogP contribution in [0, 0.1) is 13.8 Å². The van der Waals surface area contributed by atoms with Crippen LogP contribution in [-0.2, 0) is 13.6 Å². The second-order valence-electron chi connectivity index (χ2n) is 6.69. The third kappa shape index (κ3) is 3.38. The van der Waals surface area contributed by atoms with Gasteiger partial charge in [-0.05, 0) is 36.6 Å². The topological polar surface area (TPSA) is 65.6 Å². The first kappa shape index (κ1) is 17.1. The molecular weight excluding hydrogens is 314 g/mol. The zero-order chi connectivity index (χ0) is 18.1. The van der Waals surface area contributed by atoms with Gasteiger partial charge in [0.1, 0.15) is 6.54 Å². The number of ketones is 1. The lowest BCUT2D eigenvalue weighted by molar-refractivity contribution is 0.0960. The Morgan fingerprint density at radius 3 is 2.40 bits per heavy atom. The predicted octanol–water partition coefficient (Wildman–Crippen LogP) is 3.30. The number of Topliss-reactive ketones (excluding diaryl/α,β-unsaturated/α-hetero) is 1. The van der Waals surface area contributed by atoms with E-state index in [1.165, 1.54) is 10.4 Å². The molecule has 130 valence electrons. The van der Waals surface area contributed by atoms with Crippen LogP contribution in [0.25, 0.3) is 11.4 Å². The Kier molecular flexibility index (Phi) is 4.53. The first-order chi connectivity index (χ1) is 11.9. The highest BCUT2D eigenvalue weighted by Gasteiger charge is 2.16. The molecule has 0 aliphatic heterocycles. The molecule has 0 aliphatic carbocycles. The fourth-order valence-electron chi connectivity index (χ4n) is 2.79. The molecule has 1 aromatic carbocycles. The highest BCUT2D eigenvalue weighted by atomic mass is 16.1. The standard InChI is InChI=1S/C19H23N5O/c1-12(2)15-6-8-16(9-7-15)19-20-22-24(21-19)11-18(25)17-10-13(3)23(5)14(17)4/h6-10,12H,11H2,1-5H3. The van der Waals surface area contributed by atoms with Gasteiger partial charge in [-0.15, -0.1) is 10.2 Å². The lowest BCUT2D eigenvalue weighted by Gasteiger charge is -2.04. The quantitative estimate of drug-likeness (QED) is 0.670. The van der Waals surface area contributed by atoms with Gasteiger partial charge in [-0.1, -0.05) is 38.1 Å². The van der Waals surface area contributed by atoms with Crippen molar-refractivity contribution < 1.29 is 4.79 Å². The Labute approximate surface area is 147 Å². The molecule has 0 aliphatic rings. The van der Waals surface area contributed by atoms with Gasteiger partial charge in [0.25, 0.3) is 0 Å². The molecule has 0 bridgehead atoms. The van der Waals surface area contributed by atoms with E-state index in [1.807, 2.05) is 43.7 Å². The van der Waals surface area contributed by atoms with Gasteiger partial charge in [0.15, 0.2) is 5.78 Å². The Balaban J connectivity index is 1.77. The van der Waals surface area contributed by atoms with E-state index >= 15 is 0 Å². The molecule has 2 aromatic heterocycles. The SMILES string of the molecule is Cc1cc(C(=O)Cn2nnc(-c3ccc(C(C)C)cc3)n2)c(C)n1C. The van der Waals surface area contributed by atoms with Crippen LogP contribution < -0.4 is 0 Å². The first-order valence-corrected chi connectivity index (χ1v) is 8.41. The summed E-state index contributed by atoms with van der Waals surface area (Å²) in [6.45, 7) is 8.32. The van der Waals surface area contributed by atoms with Crippen LogP contribution in [0.15, 0.2) is 30.3 Å². The predicted molar refractivity (Wildman–Crippen MR) is 96.6 cm³/mol. The minimum Gasteiger partial charge on any atom is -0.351 e. The molecule has 0 unspecified atom stereocenters. The van der Waals surface area contributed by atoms with Crippen LogP contribution in [0.1, 0.15) is 47.1 Å². The van der Waals surface area contributed by atoms with Crippen molar-refractivity contribution in [2.75, 3.05) is 0 Å². The van der Waals surface area contributed by atoms with Crippen molar-refractivity contribution in [2.45, 2.75) is 40.2 Å². The molecule has 2 heterocycles. The largest absolute Gasteiger partial charge is 0.351 e. The molecule has 0 saturated carbocycles. The number of rotatable bonds is 5. The summed E-state index contributed by atoms with van der Waals surface area (Å²) in [5.41, 5.74) is 4.88. The summed E-state index contributed by atoms with van der Waals surface area (Å²) in [5, 5.41) is 12.4. The van der Waals surface area contributed by atoms with Crippen molar-refractivity contribution >= 4 is 5.78 Å². The number of carbonyl (C=O) groups is 1. The monoisotopic (exact) mass is 337 g/mol. The number of hydrogen-bond acceptors (Lipinski definition) is 4. The molecule has 0 saturated heterocycles. The van der Waals surface area contributed by atoms with Crippen LogP contribution in [0.4, 0.5) is 0 Å². The van der Waals surface area contributed by atoms with Crippen LogP contribution >= 0.6 is 0 Å². The molecule has 25 heavy (non-hydrogen) atoms. The number of nitrogens with zero attached hydrogens (tertiary/aromatic N) is 5. The third-order valence-corrected chi connectivity index (χ3v) is 4.65. The van der Waals surface area contributed by atoms with E-state index in [0.717, 1.165) is 17.0 Å². The summed E-state index contributed by atoms with van der Waals surface area (Å²) >= 11 is 0. The zero-order valence-corrected chi connectivity index (χ0v) is 15.3. The molecule has 3 rings (SSSR count). The van der Waals surface area contributed by atoms with Crippen LogP contribution in [0.5, 0.6) is 0 Å². The van der Waals surface area contributed by atoms with E-state index in [2.05, 4.69) is 41.4 Å². The Morgan fingerprint density at radius 1 is 1.16 bits per heavy atom. The number of aromatic nitrogens is 5. The Morgan fingerprint density at radius 2 is 1.84 bits per heavy atom. The fourth-order valence-corrected chi connectivity index (χ4v) is 2.79. The zero-order valence-electron chi connectivity index (χ0n) is 15.3. The van der Waals surface area contributed by atoms with E-state index in [1.54, 1.807) is 0 Å². The number of benzene rings is 1.